The van der Waals surface area contributed by atoms with E-state index in [-0.39, 0.29) is 6.54 Å². The molecule has 2 N–H and O–H groups in total. The SMILES string of the molecule is CCOc1ccccc1-c1ccc(-c2nc3ccc(F)cc3c(NCC(=O)O)c2C)cc1. The molecule has 0 bridgehead atoms. The Kier molecular flexibility index (Phi) is 6.03. The third-order valence-electron chi connectivity index (χ3n) is 5.26. The minimum absolute atomic E-state index is 0.275. The lowest BCUT2D eigenvalue weighted by molar-refractivity contribution is -0.134. The standard InChI is InChI=1S/C26H23FN2O3/c1-3-32-23-7-5-4-6-20(23)17-8-10-18(11-9-17)25-16(2)26(28-15-24(30)31)21-14-19(27)12-13-22(21)29-25/h4-14H,3,15H2,1-2H3,(H,28,29)(H,30,31). The van der Waals surface area contributed by atoms with Gasteiger partial charge in [-0.15, -0.1) is 0 Å². The second-order valence-electron chi connectivity index (χ2n) is 7.38. The number of rotatable bonds is 7. The molecular formula is C26H23FN2O3. The Morgan fingerprint density at radius 2 is 1.78 bits per heavy atom. The van der Waals surface area contributed by atoms with Crippen molar-refractivity contribution >= 4 is 22.6 Å². The highest BCUT2D eigenvalue weighted by Crippen LogP contribution is 2.36. The third kappa shape index (κ3) is 4.25. The minimum Gasteiger partial charge on any atom is -0.493 e. The Bertz CT molecular complexity index is 1290. The van der Waals surface area contributed by atoms with Gasteiger partial charge in [-0.3, -0.25) is 4.79 Å². The summed E-state index contributed by atoms with van der Waals surface area (Å²) in [4.78, 5) is 15.9. The van der Waals surface area contributed by atoms with Gasteiger partial charge in [-0.25, -0.2) is 9.37 Å². The van der Waals surface area contributed by atoms with E-state index in [0.717, 1.165) is 28.0 Å². The fourth-order valence-corrected chi connectivity index (χ4v) is 3.80. The highest BCUT2D eigenvalue weighted by atomic mass is 19.1. The van der Waals surface area contributed by atoms with Crippen LogP contribution in [0.15, 0.2) is 66.7 Å². The highest BCUT2D eigenvalue weighted by Gasteiger charge is 2.15. The average Bonchev–Trinajstić information content (AvgIpc) is 2.79. The molecule has 0 aliphatic carbocycles. The Morgan fingerprint density at radius 3 is 2.50 bits per heavy atom. The monoisotopic (exact) mass is 430 g/mol. The fourth-order valence-electron chi connectivity index (χ4n) is 3.80. The van der Waals surface area contributed by atoms with E-state index in [0.29, 0.717) is 28.9 Å². The van der Waals surface area contributed by atoms with Crippen LogP contribution in [0.3, 0.4) is 0 Å². The topological polar surface area (TPSA) is 71.5 Å². The van der Waals surface area contributed by atoms with Gasteiger partial charge in [-0.05, 0) is 49.2 Å². The number of hydrogen-bond donors (Lipinski definition) is 2. The summed E-state index contributed by atoms with van der Waals surface area (Å²) >= 11 is 0. The predicted octanol–water partition coefficient (Wildman–Crippen LogP) is 5.91. The number of benzene rings is 3. The van der Waals surface area contributed by atoms with E-state index in [4.69, 9.17) is 14.8 Å². The van der Waals surface area contributed by atoms with Crippen molar-refractivity contribution in [1.29, 1.82) is 0 Å². The third-order valence-corrected chi connectivity index (χ3v) is 5.26. The molecule has 0 radical (unpaired) electrons. The molecule has 0 fully saturated rings. The van der Waals surface area contributed by atoms with Crippen molar-refractivity contribution in [2.45, 2.75) is 13.8 Å². The van der Waals surface area contributed by atoms with Gasteiger partial charge in [0.2, 0.25) is 0 Å². The number of nitrogens with zero attached hydrogens (tertiary/aromatic N) is 1. The molecule has 5 nitrogen and oxygen atoms in total. The molecule has 0 amide bonds. The molecule has 0 atom stereocenters. The van der Waals surface area contributed by atoms with Crippen molar-refractivity contribution in [1.82, 2.24) is 4.98 Å². The van der Waals surface area contributed by atoms with E-state index >= 15 is 0 Å². The molecule has 6 heteroatoms. The van der Waals surface area contributed by atoms with Gasteiger partial charge in [-0.1, -0.05) is 42.5 Å². The van der Waals surface area contributed by atoms with E-state index in [1.165, 1.54) is 12.1 Å². The smallest absolute Gasteiger partial charge is 0.322 e. The van der Waals surface area contributed by atoms with E-state index in [2.05, 4.69) is 5.32 Å². The van der Waals surface area contributed by atoms with Crippen molar-refractivity contribution in [3.63, 3.8) is 0 Å². The number of aliphatic carboxylic acids is 1. The second kappa shape index (κ2) is 9.06. The number of anilines is 1. The number of para-hydroxylation sites is 1. The molecular weight excluding hydrogens is 407 g/mol. The number of carboxylic acids is 1. The highest BCUT2D eigenvalue weighted by molar-refractivity contribution is 5.97. The van der Waals surface area contributed by atoms with Crippen LogP contribution in [0.25, 0.3) is 33.3 Å². The molecule has 0 unspecified atom stereocenters. The Morgan fingerprint density at radius 1 is 1.06 bits per heavy atom. The zero-order chi connectivity index (χ0) is 22.7. The molecule has 32 heavy (non-hydrogen) atoms. The van der Waals surface area contributed by atoms with Crippen LogP contribution in [0.5, 0.6) is 5.75 Å². The molecule has 0 saturated carbocycles. The van der Waals surface area contributed by atoms with Crippen LogP contribution in [-0.2, 0) is 4.79 Å². The van der Waals surface area contributed by atoms with Crippen molar-refractivity contribution in [3.05, 3.63) is 78.1 Å². The summed E-state index contributed by atoms with van der Waals surface area (Å²) in [5.41, 5.74) is 5.52. The summed E-state index contributed by atoms with van der Waals surface area (Å²) in [6, 6.07) is 20.2. The number of nitrogens with one attached hydrogen (secondary N) is 1. The summed E-state index contributed by atoms with van der Waals surface area (Å²) in [5.74, 6) is -0.572. The van der Waals surface area contributed by atoms with Gasteiger partial charge in [0.25, 0.3) is 0 Å². The maximum absolute atomic E-state index is 13.9. The van der Waals surface area contributed by atoms with Crippen LogP contribution < -0.4 is 10.1 Å². The van der Waals surface area contributed by atoms with Gasteiger partial charge in [-0.2, -0.15) is 0 Å². The molecule has 0 aliphatic rings. The summed E-state index contributed by atoms with van der Waals surface area (Å²) < 4.78 is 19.6. The average molecular weight is 430 g/mol. The van der Waals surface area contributed by atoms with E-state index in [1.54, 1.807) is 6.07 Å². The van der Waals surface area contributed by atoms with Crippen LogP contribution in [0, 0.1) is 12.7 Å². The zero-order valence-electron chi connectivity index (χ0n) is 17.9. The number of carbonyl (C=O) groups is 1. The lowest BCUT2D eigenvalue weighted by Gasteiger charge is -2.16. The molecule has 4 aromatic rings. The second-order valence-corrected chi connectivity index (χ2v) is 7.38. The number of carboxylic acid groups (broad SMARTS) is 1. The van der Waals surface area contributed by atoms with Crippen molar-refractivity contribution in [2.75, 3.05) is 18.5 Å². The number of ether oxygens (including phenoxy) is 1. The number of halogens is 1. The number of pyridine rings is 1. The predicted molar refractivity (Wildman–Crippen MR) is 125 cm³/mol. The number of aromatic nitrogens is 1. The van der Waals surface area contributed by atoms with Crippen LogP contribution in [-0.4, -0.2) is 29.2 Å². The lowest BCUT2D eigenvalue weighted by atomic mass is 9.98. The molecule has 0 aliphatic heterocycles. The van der Waals surface area contributed by atoms with Crippen LogP contribution in [0.4, 0.5) is 10.1 Å². The Balaban J connectivity index is 1.79. The molecule has 162 valence electrons. The first-order valence-electron chi connectivity index (χ1n) is 10.4. The maximum atomic E-state index is 13.9. The molecule has 3 aromatic carbocycles. The van der Waals surface area contributed by atoms with Gasteiger partial charge in [0.15, 0.2) is 0 Å². The summed E-state index contributed by atoms with van der Waals surface area (Å²) in [7, 11) is 0. The van der Waals surface area contributed by atoms with Gasteiger partial charge >= 0.3 is 5.97 Å². The molecule has 0 saturated heterocycles. The first-order valence-corrected chi connectivity index (χ1v) is 10.4. The zero-order valence-corrected chi connectivity index (χ0v) is 17.9. The number of fused-ring (bicyclic) bond motifs is 1. The molecule has 0 spiro atoms. The van der Waals surface area contributed by atoms with Crippen LogP contribution in [0.1, 0.15) is 12.5 Å². The first-order chi connectivity index (χ1) is 15.5. The van der Waals surface area contributed by atoms with Gasteiger partial charge < -0.3 is 15.2 Å². The van der Waals surface area contributed by atoms with E-state index in [1.807, 2.05) is 62.4 Å². The lowest BCUT2D eigenvalue weighted by Crippen LogP contribution is -2.14. The van der Waals surface area contributed by atoms with Gasteiger partial charge in [0, 0.05) is 22.2 Å². The van der Waals surface area contributed by atoms with E-state index in [9.17, 15) is 9.18 Å². The summed E-state index contributed by atoms with van der Waals surface area (Å²) in [6.45, 7) is 4.12. The van der Waals surface area contributed by atoms with Crippen LogP contribution in [0.2, 0.25) is 0 Å². The van der Waals surface area contributed by atoms with Crippen molar-refractivity contribution < 1.29 is 19.0 Å². The quantitative estimate of drug-likeness (QED) is 0.381. The maximum Gasteiger partial charge on any atom is 0.322 e. The largest absolute Gasteiger partial charge is 0.493 e. The Labute approximate surface area is 185 Å². The summed E-state index contributed by atoms with van der Waals surface area (Å²) in [5, 5.41) is 12.6. The summed E-state index contributed by atoms with van der Waals surface area (Å²) in [6.07, 6.45) is 0. The van der Waals surface area contributed by atoms with Gasteiger partial charge in [0.05, 0.1) is 17.8 Å². The fraction of sp³-hybridized carbons (Fsp3) is 0.154. The van der Waals surface area contributed by atoms with Crippen LogP contribution >= 0.6 is 0 Å². The minimum atomic E-state index is -0.996. The normalized spacial score (nSPS) is 10.8. The van der Waals surface area contributed by atoms with Gasteiger partial charge in [0.1, 0.15) is 18.1 Å². The first kappa shape index (κ1) is 21.3. The van der Waals surface area contributed by atoms with Crippen molar-refractivity contribution in [2.24, 2.45) is 0 Å². The van der Waals surface area contributed by atoms with Crippen molar-refractivity contribution in [3.8, 4) is 28.1 Å². The number of hydrogen-bond acceptors (Lipinski definition) is 4. The Hall–Kier alpha value is -3.93. The molecule has 1 aromatic heterocycles. The van der Waals surface area contributed by atoms with E-state index < -0.39 is 11.8 Å². The molecule has 1 heterocycles. The molecule has 4 rings (SSSR count).